The second-order valence-electron chi connectivity index (χ2n) is 4.59. The Bertz CT molecular complexity index is 519. The van der Waals surface area contributed by atoms with Gasteiger partial charge in [0.1, 0.15) is 0 Å². The van der Waals surface area contributed by atoms with Gasteiger partial charge in [-0.25, -0.2) is 0 Å². The zero-order valence-electron chi connectivity index (χ0n) is 10.5. The van der Waals surface area contributed by atoms with E-state index in [1.54, 1.807) is 0 Å². The minimum absolute atomic E-state index is 0.536. The Morgan fingerprint density at radius 3 is 2.56 bits per heavy atom. The van der Waals surface area contributed by atoms with Crippen LogP contribution in [0.2, 0.25) is 5.02 Å². The summed E-state index contributed by atoms with van der Waals surface area (Å²) in [5, 5.41) is 4.65. The third kappa shape index (κ3) is 2.89. The second kappa shape index (κ2) is 5.08. The molecule has 2 N–H and O–H groups in total. The van der Waals surface area contributed by atoms with E-state index in [1.165, 1.54) is 0 Å². The summed E-state index contributed by atoms with van der Waals surface area (Å²) >= 11 is 5.85. The van der Waals surface area contributed by atoms with E-state index in [9.17, 15) is 0 Å². The van der Waals surface area contributed by atoms with Crippen molar-refractivity contribution in [2.75, 3.05) is 0 Å². The molecular formula is C13H16ClN3O. The maximum absolute atomic E-state index is 6.26. The van der Waals surface area contributed by atoms with Gasteiger partial charge in [0, 0.05) is 11.4 Å². The van der Waals surface area contributed by atoms with Crippen molar-refractivity contribution in [3.63, 3.8) is 0 Å². The van der Waals surface area contributed by atoms with Crippen molar-refractivity contribution in [2.24, 2.45) is 5.73 Å². The highest BCUT2D eigenvalue weighted by atomic mass is 35.5. The molecule has 2 aromatic rings. The van der Waals surface area contributed by atoms with Crippen LogP contribution in [-0.2, 0) is 18.4 Å². The van der Waals surface area contributed by atoms with E-state index in [2.05, 4.69) is 10.1 Å². The first-order chi connectivity index (χ1) is 8.51. The molecule has 0 saturated heterocycles. The van der Waals surface area contributed by atoms with Crippen LogP contribution in [0.25, 0.3) is 0 Å². The number of nitrogens with two attached hydrogens (primary N) is 1. The Morgan fingerprint density at radius 1 is 1.33 bits per heavy atom. The van der Waals surface area contributed by atoms with Crippen LogP contribution in [0.5, 0.6) is 0 Å². The number of hydrogen-bond donors (Lipinski definition) is 1. The summed E-state index contributed by atoms with van der Waals surface area (Å²) in [7, 11) is 0. The summed E-state index contributed by atoms with van der Waals surface area (Å²) in [5.74, 6) is 1.15. The highest BCUT2D eigenvalue weighted by Crippen LogP contribution is 2.21. The van der Waals surface area contributed by atoms with Crippen LogP contribution < -0.4 is 5.73 Å². The molecule has 1 unspecified atom stereocenters. The first-order valence-electron chi connectivity index (χ1n) is 5.87. The Hall–Kier alpha value is -1.39. The maximum Gasteiger partial charge on any atom is 0.226 e. The smallest absolute Gasteiger partial charge is 0.226 e. The number of hydrogen-bond acceptors (Lipinski definition) is 4. The number of aryl methyl sites for hydroxylation is 1. The van der Waals surface area contributed by atoms with Gasteiger partial charge in [-0.3, -0.25) is 0 Å². The zero-order chi connectivity index (χ0) is 13.2. The summed E-state index contributed by atoms with van der Waals surface area (Å²) in [5.41, 5.74) is 6.70. The van der Waals surface area contributed by atoms with E-state index >= 15 is 0 Å². The van der Waals surface area contributed by atoms with Crippen LogP contribution in [-0.4, -0.2) is 10.1 Å². The van der Waals surface area contributed by atoms with E-state index < -0.39 is 5.54 Å². The Morgan fingerprint density at radius 2 is 2.00 bits per heavy atom. The lowest BCUT2D eigenvalue weighted by Crippen LogP contribution is -2.36. The molecule has 1 heterocycles. The van der Waals surface area contributed by atoms with Gasteiger partial charge in [-0.1, -0.05) is 35.8 Å². The van der Waals surface area contributed by atoms with Crippen LogP contribution in [0.3, 0.4) is 0 Å². The van der Waals surface area contributed by atoms with Crippen LogP contribution in [0, 0.1) is 0 Å². The topological polar surface area (TPSA) is 64.9 Å². The number of rotatable bonds is 4. The van der Waals surface area contributed by atoms with Crippen LogP contribution in [0.1, 0.15) is 31.1 Å². The molecule has 0 aliphatic rings. The molecule has 1 aromatic heterocycles. The molecule has 18 heavy (non-hydrogen) atoms. The summed E-state index contributed by atoms with van der Waals surface area (Å²) in [4.78, 5) is 4.29. The molecule has 0 aliphatic heterocycles. The van der Waals surface area contributed by atoms with Gasteiger partial charge in [0.15, 0.2) is 5.82 Å². The molecule has 0 radical (unpaired) electrons. The Balaban J connectivity index is 2.18. The molecule has 5 heteroatoms. The largest absolute Gasteiger partial charge is 0.339 e. The predicted octanol–water partition coefficient (Wildman–Crippen LogP) is 2.70. The van der Waals surface area contributed by atoms with Crippen molar-refractivity contribution in [1.82, 2.24) is 10.1 Å². The van der Waals surface area contributed by atoms with Gasteiger partial charge >= 0.3 is 0 Å². The molecule has 1 atom stereocenters. The summed E-state index contributed by atoms with van der Waals surface area (Å²) in [6.07, 6.45) is 1.34. The number of aromatic nitrogens is 2. The lowest BCUT2D eigenvalue weighted by Gasteiger charge is -2.20. The lowest BCUT2D eigenvalue weighted by atomic mass is 9.93. The number of nitrogens with zero attached hydrogens (tertiary/aromatic N) is 2. The average Bonchev–Trinajstić information content (AvgIpc) is 2.81. The van der Waals surface area contributed by atoms with Gasteiger partial charge in [0.05, 0.1) is 5.54 Å². The molecule has 0 bridgehead atoms. The number of halogens is 1. The van der Waals surface area contributed by atoms with E-state index in [0.717, 1.165) is 5.56 Å². The van der Waals surface area contributed by atoms with Crippen molar-refractivity contribution >= 4 is 11.6 Å². The average molecular weight is 266 g/mol. The molecule has 1 aromatic carbocycles. The van der Waals surface area contributed by atoms with Gasteiger partial charge in [-0.15, -0.1) is 0 Å². The normalized spacial score (nSPS) is 14.4. The highest BCUT2D eigenvalue weighted by Gasteiger charge is 2.27. The van der Waals surface area contributed by atoms with E-state index in [-0.39, 0.29) is 0 Å². The zero-order valence-corrected chi connectivity index (χ0v) is 11.2. The lowest BCUT2D eigenvalue weighted by molar-refractivity contribution is 0.356. The van der Waals surface area contributed by atoms with Crippen LogP contribution >= 0.6 is 11.6 Å². The van der Waals surface area contributed by atoms with Gasteiger partial charge < -0.3 is 10.3 Å². The molecule has 2 rings (SSSR count). The van der Waals surface area contributed by atoms with Gasteiger partial charge in [-0.2, -0.15) is 4.98 Å². The third-order valence-electron chi connectivity index (χ3n) is 2.77. The second-order valence-corrected chi connectivity index (χ2v) is 5.02. The summed E-state index contributed by atoms with van der Waals surface area (Å²) in [6.45, 7) is 3.86. The van der Waals surface area contributed by atoms with Gasteiger partial charge in [0.2, 0.25) is 5.89 Å². The van der Waals surface area contributed by atoms with Crippen LogP contribution in [0.15, 0.2) is 28.8 Å². The van der Waals surface area contributed by atoms with E-state index in [4.69, 9.17) is 21.9 Å². The minimum atomic E-state index is -0.648. The van der Waals surface area contributed by atoms with E-state index in [0.29, 0.717) is 29.6 Å². The fourth-order valence-corrected chi connectivity index (χ4v) is 1.86. The fraction of sp³-hybridized carbons (Fsp3) is 0.385. The van der Waals surface area contributed by atoms with Gasteiger partial charge in [-0.05, 0) is 31.0 Å². The van der Waals surface area contributed by atoms with Crippen molar-refractivity contribution < 1.29 is 4.52 Å². The van der Waals surface area contributed by atoms with Crippen molar-refractivity contribution in [3.05, 3.63) is 46.6 Å². The minimum Gasteiger partial charge on any atom is -0.339 e. The molecule has 0 aliphatic carbocycles. The maximum atomic E-state index is 6.26. The fourth-order valence-electron chi connectivity index (χ4n) is 1.74. The monoisotopic (exact) mass is 265 g/mol. The molecule has 0 amide bonds. The molecule has 0 saturated carbocycles. The van der Waals surface area contributed by atoms with Crippen molar-refractivity contribution in [1.29, 1.82) is 0 Å². The van der Waals surface area contributed by atoms with Gasteiger partial charge in [0.25, 0.3) is 0 Å². The Kier molecular flexibility index (Phi) is 3.68. The third-order valence-corrected chi connectivity index (χ3v) is 3.02. The summed E-state index contributed by atoms with van der Waals surface area (Å²) < 4.78 is 5.09. The van der Waals surface area contributed by atoms with Crippen LogP contribution in [0.4, 0.5) is 0 Å². The van der Waals surface area contributed by atoms with E-state index in [1.807, 2.05) is 38.1 Å². The molecule has 4 nitrogen and oxygen atoms in total. The summed E-state index contributed by atoms with van der Waals surface area (Å²) in [6, 6.07) is 7.60. The SMILES string of the molecule is CCc1nc(C(C)(N)Cc2ccc(Cl)cc2)no1. The Labute approximate surface area is 111 Å². The highest BCUT2D eigenvalue weighted by molar-refractivity contribution is 6.30. The molecule has 0 spiro atoms. The van der Waals surface area contributed by atoms with Crippen molar-refractivity contribution in [3.8, 4) is 0 Å². The molecule has 0 fully saturated rings. The molecule has 96 valence electrons. The quantitative estimate of drug-likeness (QED) is 0.923. The standard InChI is InChI=1S/C13H16ClN3O/c1-3-11-16-12(17-18-11)13(2,15)8-9-4-6-10(14)7-5-9/h4-7H,3,8,15H2,1-2H3. The predicted molar refractivity (Wildman–Crippen MR) is 70.4 cm³/mol. The molecular weight excluding hydrogens is 250 g/mol. The number of benzene rings is 1. The first kappa shape index (κ1) is 13.1. The van der Waals surface area contributed by atoms with Crippen molar-refractivity contribution in [2.45, 2.75) is 32.2 Å². The first-order valence-corrected chi connectivity index (χ1v) is 6.25.